The van der Waals surface area contributed by atoms with Crippen molar-refractivity contribution >= 4 is 5.96 Å². The maximum atomic E-state index is 6.09. The van der Waals surface area contributed by atoms with Crippen molar-refractivity contribution < 1.29 is 4.74 Å². The van der Waals surface area contributed by atoms with Gasteiger partial charge in [0.15, 0.2) is 5.96 Å². The van der Waals surface area contributed by atoms with Crippen LogP contribution in [0.2, 0.25) is 0 Å². The van der Waals surface area contributed by atoms with Gasteiger partial charge in [0.25, 0.3) is 0 Å². The van der Waals surface area contributed by atoms with E-state index in [-0.39, 0.29) is 6.10 Å². The highest BCUT2D eigenvalue weighted by Gasteiger charge is 2.22. The summed E-state index contributed by atoms with van der Waals surface area (Å²) in [5, 5.41) is 3.45. The normalized spacial score (nSPS) is 15.3. The second-order valence-electron chi connectivity index (χ2n) is 7.01. The second-order valence-corrected chi connectivity index (χ2v) is 7.01. The number of hydrogen-bond donors (Lipinski definition) is 1. The molecular formula is C22H26N6O. The number of nitrogens with one attached hydrogen (secondary N) is 1. The summed E-state index contributed by atoms with van der Waals surface area (Å²) in [5.74, 6) is 2.72. The van der Waals surface area contributed by atoms with Crippen LogP contribution in [-0.2, 0) is 6.54 Å². The van der Waals surface area contributed by atoms with Crippen molar-refractivity contribution in [1.29, 1.82) is 0 Å². The summed E-state index contributed by atoms with van der Waals surface area (Å²) in [6, 6.07) is 14.1. The molecule has 1 aliphatic heterocycles. The lowest BCUT2D eigenvalue weighted by Gasteiger charge is -2.34. The predicted octanol–water partition coefficient (Wildman–Crippen LogP) is 2.89. The van der Waals surface area contributed by atoms with E-state index in [0.29, 0.717) is 6.54 Å². The van der Waals surface area contributed by atoms with Gasteiger partial charge in [0.1, 0.15) is 24.0 Å². The van der Waals surface area contributed by atoms with Crippen molar-refractivity contribution in [2.75, 3.05) is 20.1 Å². The summed E-state index contributed by atoms with van der Waals surface area (Å²) < 4.78 is 7.97. The fourth-order valence-corrected chi connectivity index (χ4v) is 3.46. The molecule has 0 bridgehead atoms. The van der Waals surface area contributed by atoms with Crippen LogP contribution in [0.1, 0.15) is 18.4 Å². The number of guanidine groups is 1. The Balaban J connectivity index is 1.27. The molecule has 1 aliphatic rings. The Morgan fingerprint density at radius 1 is 1.17 bits per heavy atom. The first-order valence-corrected chi connectivity index (χ1v) is 9.92. The maximum Gasteiger partial charge on any atom is 0.193 e. The van der Waals surface area contributed by atoms with Crippen LogP contribution < -0.4 is 10.1 Å². The van der Waals surface area contributed by atoms with Crippen LogP contribution in [0.25, 0.3) is 5.82 Å². The van der Waals surface area contributed by atoms with Gasteiger partial charge in [-0.3, -0.25) is 9.56 Å². The molecule has 3 aromatic rings. The quantitative estimate of drug-likeness (QED) is 0.536. The number of imidazole rings is 1. The third kappa shape index (κ3) is 4.93. The zero-order chi connectivity index (χ0) is 19.9. The number of aliphatic imine (C=N–C) groups is 1. The van der Waals surface area contributed by atoms with Crippen molar-refractivity contribution in [1.82, 2.24) is 24.8 Å². The van der Waals surface area contributed by atoms with Gasteiger partial charge in [-0.15, -0.1) is 0 Å². The first kappa shape index (κ1) is 19.0. The molecular weight excluding hydrogens is 364 g/mol. The highest BCUT2D eigenvalue weighted by atomic mass is 16.5. The Morgan fingerprint density at radius 2 is 2.00 bits per heavy atom. The van der Waals surface area contributed by atoms with E-state index in [1.165, 1.54) is 0 Å². The fourth-order valence-electron chi connectivity index (χ4n) is 3.46. The van der Waals surface area contributed by atoms with Gasteiger partial charge in [0.2, 0.25) is 0 Å². The van der Waals surface area contributed by atoms with E-state index in [1.54, 1.807) is 12.5 Å². The molecule has 0 aliphatic carbocycles. The van der Waals surface area contributed by atoms with Crippen LogP contribution in [0.3, 0.4) is 0 Å². The number of hydrogen-bond acceptors (Lipinski definition) is 4. The van der Waals surface area contributed by atoms with Gasteiger partial charge < -0.3 is 15.0 Å². The summed E-state index contributed by atoms with van der Waals surface area (Å²) in [6.07, 6.45) is 9.48. The smallest absolute Gasteiger partial charge is 0.193 e. The molecule has 0 unspecified atom stereocenters. The topological polar surface area (TPSA) is 67.6 Å². The third-order valence-corrected chi connectivity index (χ3v) is 5.03. The van der Waals surface area contributed by atoms with Gasteiger partial charge in [-0.25, -0.2) is 9.97 Å². The summed E-state index contributed by atoms with van der Waals surface area (Å²) in [4.78, 5) is 15.3. The molecule has 3 heterocycles. The third-order valence-electron chi connectivity index (χ3n) is 5.03. The molecule has 7 heteroatoms. The minimum absolute atomic E-state index is 0.256. The number of pyridine rings is 1. The highest BCUT2D eigenvalue weighted by Crippen LogP contribution is 2.18. The SMILES string of the molecule is CN=C(NCc1ccc(-n2ccnc2)nc1)N1CCC(Oc2ccccc2)CC1. The summed E-state index contributed by atoms with van der Waals surface area (Å²) in [5.41, 5.74) is 1.11. The number of nitrogens with zero attached hydrogens (tertiary/aromatic N) is 5. The number of para-hydroxylation sites is 1. The molecule has 0 saturated carbocycles. The minimum atomic E-state index is 0.256. The summed E-state index contributed by atoms with van der Waals surface area (Å²) >= 11 is 0. The van der Waals surface area contributed by atoms with Gasteiger partial charge in [0, 0.05) is 58.1 Å². The van der Waals surface area contributed by atoms with Crippen LogP contribution in [0.4, 0.5) is 0 Å². The zero-order valence-corrected chi connectivity index (χ0v) is 16.6. The maximum absolute atomic E-state index is 6.09. The standard InChI is InChI=1S/C22H26N6O/c1-23-22(26-16-18-7-8-21(25-15-18)28-14-11-24-17-28)27-12-9-20(10-13-27)29-19-5-3-2-4-6-19/h2-8,11,14-15,17,20H,9-10,12-13,16H2,1H3,(H,23,26). The lowest BCUT2D eigenvalue weighted by molar-refractivity contribution is 0.129. The Morgan fingerprint density at radius 3 is 2.66 bits per heavy atom. The second kappa shape index (κ2) is 9.23. The van der Waals surface area contributed by atoms with Crippen LogP contribution >= 0.6 is 0 Å². The molecule has 0 amide bonds. The van der Waals surface area contributed by atoms with E-state index in [9.17, 15) is 0 Å². The van der Waals surface area contributed by atoms with Crippen molar-refractivity contribution in [2.45, 2.75) is 25.5 Å². The molecule has 29 heavy (non-hydrogen) atoms. The predicted molar refractivity (Wildman–Crippen MR) is 113 cm³/mol. The number of ether oxygens (including phenoxy) is 1. The lowest BCUT2D eigenvalue weighted by Crippen LogP contribution is -2.47. The van der Waals surface area contributed by atoms with Gasteiger partial charge in [-0.05, 0) is 23.8 Å². The molecule has 1 N–H and O–H groups in total. The van der Waals surface area contributed by atoms with E-state index >= 15 is 0 Å². The molecule has 0 spiro atoms. The van der Waals surface area contributed by atoms with Crippen molar-refractivity contribution in [3.8, 4) is 11.6 Å². The fraction of sp³-hybridized carbons (Fsp3) is 0.318. The van der Waals surface area contributed by atoms with Crippen molar-refractivity contribution in [3.05, 3.63) is 72.9 Å². The molecule has 1 saturated heterocycles. The van der Waals surface area contributed by atoms with Gasteiger partial charge in [-0.1, -0.05) is 24.3 Å². The van der Waals surface area contributed by atoms with Crippen molar-refractivity contribution in [3.63, 3.8) is 0 Å². The van der Waals surface area contributed by atoms with E-state index < -0.39 is 0 Å². The molecule has 7 nitrogen and oxygen atoms in total. The monoisotopic (exact) mass is 390 g/mol. The molecule has 2 aromatic heterocycles. The van der Waals surface area contributed by atoms with Gasteiger partial charge in [-0.2, -0.15) is 0 Å². The zero-order valence-electron chi connectivity index (χ0n) is 16.6. The first-order chi connectivity index (χ1) is 14.3. The molecule has 4 rings (SSSR count). The van der Waals surface area contributed by atoms with Crippen LogP contribution in [0.15, 0.2) is 72.4 Å². The van der Waals surface area contributed by atoms with Gasteiger partial charge in [0.05, 0.1) is 0 Å². The Hall–Kier alpha value is -3.35. The number of likely N-dealkylation sites (tertiary alicyclic amines) is 1. The van der Waals surface area contributed by atoms with Crippen molar-refractivity contribution in [2.24, 2.45) is 4.99 Å². The highest BCUT2D eigenvalue weighted by molar-refractivity contribution is 5.79. The Kier molecular flexibility index (Phi) is 6.04. The number of rotatable bonds is 5. The molecule has 1 fully saturated rings. The number of benzene rings is 1. The Bertz CT molecular complexity index is 900. The van der Waals surface area contributed by atoms with Crippen LogP contribution in [0, 0.1) is 0 Å². The van der Waals surface area contributed by atoms with Crippen LogP contribution in [-0.4, -0.2) is 51.6 Å². The molecule has 0 radical (unpaired) electrons. The lowest BCUT2D eigenvalue weighted by atomic mass is 10.1. The first-order valence-electron chi connectivity index (χ1n) is 9.92. The number of piperidine rings is 1. The number of aromatic nitrogens is 3. The molecule has 150 valence electrons. The van der Waals surface area contributed by atoms with E-state index in [4.69, 9.17) is 4.74 Å². The summed E-state index contributed by atoms with van der Waals surface area (Å²) in [7, 11) is 1.83. The minimum Gasteiger partial charge on any atom is -0.490 e. The molecule has 0 atom stereocenters. The van der Waals surface area contributed by atoms with E-state index in [2.05, 4.69) is 31.2 Å². The Labute approximate surface area is 171 Å². The molecule has 1 aromatic carbocycles. The van der Waals surface area contributed by atoms with E-state index in [0.717, 1.165) is 49.0 Å². The average molecular weight is 390 g/mol. The van der Waals surface area contributed by atoms with Crippen LogP contribution in [0.5, 0.6) is 5.75 Å². The summed E-state index contributed by atoms with van der Waals surface area (Å²) in [6.45, 7) is 2.54. The average Bonchev–Trinajstić information content (AvgIpc) is 3.31. The van der Waals surface area contributed by atoms with E-state index in [1.807, 2.05) is 60.4 Å². The largest absolute Gasteiger partial charge is 0.490 e. The van der Waals surface area contributed by atoms with Gasteiger partial charge >= 0.3 is 0 Å².